The predicted octanol–water partition coefficient (Wildman–Crippen LogP) is 3.77. The topological polar surface area (TPSA) is 44.5 Å². The van der Waals surface area contributed by atoms with Crippen molar-refractivity contribution in [2.75, 3.05) is 20.3 Å². The van der Waals surface area contributed by atoms with E-state index < -0.39 is 0 Å². The fourth-order valence-corrected chi connectivity index (χ4v) is 2.46. The largest absolute Gasteiger partial charge is 0.497 e. The SMILES string of the molecule is CCCOc1ccc(CC(CN)c2cccc(OC)c2)cc1. The smallest absolute Gasteiger partial charge is 0.119 e. The fourth-order valence-electron chi connectivity index (χ4n) is 2.46. The number of hydrogen-bond acceptors (Lipinski definition) is 3. The van der Waals surface area contributed by atoms with Crippen LogP contribution >= 0.6 is 0 Å². The summed E-state index contributed by atoms with van der Waals surface area (Å²) >= 11 is 0. The third-order valence-corrected chi connectivity index (χ3v) is 3.73. The number of nitrogens with two attached hydrogens (primary N) is 1. The summed E-state index contributed by atoms with van der Waals surface area (Å²) in [5.74, 6) is 2.09. The Balaban J connectivity index is 2.06. The summed E-state index contributed by atoms with van der Waals surface area (Å²) in [6.45, 7) is 3.48. The van der Waals surface area contributed by atoms with Gasteiger partial charge in [-0.05, 0) is 54.8 Å². The summed E-state index contributed by atoms with van der Waals surface area (Å²) in [6, 6.07) is 16.4. The van der Waals surface area contributed by atoms with Gasteiger partial charge < -0.3 is 15.2 Å². The molecule has 3 heteroatoms. The molecule has 2 aromatic rings. The van der Waals surface area contributed by atoms with Crippen LogP contribution in [0.3, 0.4) is 0 Å². The highest BCUT2D eigenvalue weighted by Crippen LogP contribution is 2.24. The Hall–Kier alpha value is -2.00. The zero-order valence-electron chi connectivity index (χ0n) is 13.4. The first-order valence-corrected chi connectivity index (χ1v) is 7.82. The van der Waals surface area contributed by atoms with Crippen LogP contribution in [-0.2, 0) is 6.42 Å². The van der Waals surface area contributed by atoms with Gasteiger partial charge in [-0.2, -0.15) is 0 Å². The van der Waals surface area contributed by atoms with Crippen molar-refractivity contribution in [2.24, 2.45) is 5.73 Å². The lowest BCUT2D eigenvalue weighted by atomic mass is 9.92. The molecule has 0 aromatic heterocycles. The van der Waals surface area contributed by atoms with Gasteiger partial charge in [0.1, 0.15) is 11.5 Å². The van der Waals surface area contributed by atoms with Gasteiger partial charge in [0.05, 0.1) is 13.7 Å². The molecule has 0 aliphatic rings. The van der Waals surface area contributed by atoms with E-state index >= 15 is 0 Å². The van der Waals surface area contributed by atoms with Crippen LogP contribution in [0.4, 0.5) is 0 Å². The molecule has 2 N–H and O–H groups in total. The van der Waals surface area contributed by atoms with Gasteiger partial charge in [-0.15, -0.1) is 0 Å². The van der Waals surface area contributed by atoms with Crippen molar-refractivity contribution in [1.82, 2.24) is 0 Å². The lowest BCUT2D eigenvalue weighted by Crippen LogP contribution is -2.15. The van der Waals surface area contributed by atoms with Gasteiger partial charge >= 0.3 is 0 Å². The molecule has 0 aliphatic heterocycles. The van der Waals surface area contributed by atoms with Crippen molar-refractivity contribution >= 4 is 0 Å². The molecular weight excluding hydrogens is 274 g/mol. The molecule has 0 spiro atoms. The Morgan fingerprint density at radius 2 is 1.82 bits per heavy atom. The Morgan fingerprint density at radius 1 is 1.05 bits per heavy atom. The van der Waals surface area contributed by atoms with Crippen LogP contribution in [0.5, 0.6) is 11.5 Å². The number of benzene rings is 2. The molecule has 0 bridgehead atoms. The Kier molecular flexibility index (Phi) is 6.28. The van der Waals surface area contributed by atoms with Crippen molar-refractivity contribution in [1.29, 1.82) is 0 Å². The first kappa shape index (κ1) is 16.4. The summed E-state index contributed by atoms with van der Waals surface area (Å²) in [6.07, 6.45) is 1.94. The van der Waals surface area contributed by atoms with Crippen LogP contribution in [0.15, 0.2) is 48.5 Å². The van der Waals surface area contributed by atoms with Gasteiger partial charge in [-0.3, -0.25) is 0 Å². The lowest BCUT2D eigenvalue weighted by Gasteiger charge is -2.16. The monoisotopic (exact) mass is 299 g/mol. The second kappa shape index (κ2) is 8.44. The zero-order chi connectivity index (χ0) is 15.8. The van der Waals surface area contributed by atoms with E-state index in [1.807, 2.05) is 24.3 Å². The molecule has 1 atom stereocenters. The molecule has 0 fully saturated rings. The molecule has 22 heavy (non-hydrogen) atoms. The third kappa shape index (κ3) is 4.50. The van der Waals surface area contributed by atoms with Crippen molar-refractivity contribution in [3.8, 4) is 11.5 Å². The molecule has 2 rings (SSSR count). The van der Waals surface area contributed by atoms with E-state index in [9.17, 15) is 0 Å². The summed E-state index contributed by atoms with van der Waals surface area (Å²) in [5, 5.41) is 0. The molecule has 0 saturated heterocycles. The molecule has 0 heterocycles. The maximum Gasteiger partial charge on any atom is 0.119 e. The minimum Gasteiger partial charge on any atom is -0.497 e. The van der Waals surface area contributed by atoms with Crippen LogP contribution in [0.25, 0.3) is 0 Å². The highest BCUT2D eigenvalue weighted by Gasteiger charge is 2.11. The van der Waals surface area contributed by atoms with Gasteiger partial charge in [-0.1, -0.05) is 31.2 Å². The van der Waals surface area contributed by atoms with Crippen molar-refractivity contribution in [2.45, 2.75) is 25.7 Å². The molecule has 118 valence electrons. The van der Waals surface area contributed by atoms with E-state index in [1.54, 1.807) is 7.11 Å². The molecular formula is C19H25NO2. The zero-order valence-corrected chi connectivity index (χ0v) is 13.4. The van der Waals surface area contributed by atoms with E-state index in [0.29, 0.717) is 6.54 Å². The fraction of sp³-hybridized carbons (Fsp3) is 0.368. The summed E-state index contributed by atoms with van der Waals surface area (Å²) < 4.78 is 10.9. The molecule has 2 aromatic carbocycles. The lowest BCUT2D eigenvalue weighted by molar-refractivity contribution is 0.317. The summed E-state index contributed by atoms with van der Waals surface area (Å²) in [7, 11) is 1.69. The summed E-state index contributed by atoms with van der Waals surface area (Å²) in [5.41, 5.74) is 8.46. The highest BCUT2D eigenvalue weighted by atomic mass is 16.5. The summed E-state index contributed by atoms with van der Waals surface area (Å²) in [4.78, 5) is 0. The van der Waals surface area contributed by atoms with Gasteiger partial charge in [0.15, 0.2) is 0 Å². The van der Waals surface area contributed by atoms with Crippen LogP contribution < -0.4 is 15.2 Å². The van der Waals surface area contributed by atoms with E-state index in [4.69, 9.17) is 15.2 Å². The Bertz CT molecular complexity index is 566. The van der Waals surface area contributed by atoms with E-state index in [2.05, 4.69) is 31.2 Å². The number of rotatable bonds is 8. The van der Waals surface area contributed by atoms with Gasteiger partial charge in [0.2, 0.25) is 0 Å². The maximum absolute atomic E-state index is 5.97. The first-order valence-electron chi connectivity index (χ1n) is 7.82. The van der Waals surface area contributed by atoms with Crippen molar-refractivity contribution in [3.63, 3.8) is 0 Å². The molecule has 3 nitrogen and oxygen atoms in total. The van der Waals surface area contributed by atoms with Crippen LogP contribution in [0.1, 0.15) is 30.4 Å². The van der Waals surface area contributed by atoms with Crippen molar-refractivity contribution in [3.05, 3.63) is 59.7 Å². The Labute approximate surface area is 133 Å². The van der Waals surface area contributed by atoms with Crippen LogP contribution in [0.2, 0.25) is 0 Å². The maximum atomic E-state index is 5.97. The minimum absolute atomic E-state index is 0.289. The number of hydrogen-bond donors (Lipinski definition) is 1. The van der Waals surface area contributed by atoms with Gasteiger partial charge in [0.25, 0.3) is 0 Å². The molecule has 0 amide bonds. The van der Waals surface area contributed by atoms with Crippen LogP contribution in [0, 0.1) is 0 Å². The number of methoxy groups -OCH3 is 1. The highest BCUT2D eigenvalue weighted by molar-refractivity contribution is 5.33. The van der Waals surface area contributed by atoms with E-state index in [1.165, 1.54) is 11.1 Å². The standard InChI is InChI=1S/C19H25NO2/c1-3-11-22-18-9-7-15(8-10-18)12-17(14-20)16-5-4-6-19(13-16)21-2/h4-10,13,17H,3,11-12,14,20H2,1-2H3. The van der Waals surface area contributed by atoms with E-state index in [-0.39, 0.29) is 5.92 Å². The second-order valence-electron chi connectivity index (χ2n) is 5.41. The predicted molar refractivity (Wildman–Crippen MR) is 90.7 cm³/mol. The molecule has 0 radical (unpaired) electrons. The number of ether oxygens (including phenoxy) is 2. The molecule has 1 unspecified atom stereocenters. The second-order valence-corrected chi connectivity index (χ2v) is 5.41. The average molecular weight is 299 g/mol. The average Bonchev–Trinajstić information content (AvgIpc) is 2.59. The van der Waals surface area contributed by atoms with Gasteiger partial charge in [0, 0.05) is 5.92 Å². The third-order valence-electron chi connectivity index (χ3n) is 3.73. The normalized spacial score (nSPS) is 12.0. The first-order chi connectivity index (χ1) is 10.8. The molecule has 0 aliphatic carbocycles. The van der Waals surface area contributed by atoms with E-state index in [0.717, 1.165) is 30.9 Å². The van der Waals surface area contributed by atoms with Gasteiger partial charge in [-0.25, -0.2) is 0 Å². The Morgan fingerprint density at radius 3 is 2.45 bits per heavy atom. The quantitative estimate of drug-likeness (QED) is 0.807. The van der Waals surface area contributed by atoms with Crippen LogP contribution in [-0.4, -0.2) is 20.3 Å². The minimum atomic E-state index is 0.289. The molecule has 0 saturated carbocycles. The van der Waals surface area contributed by atoms with Crippen molar-refractivity contribution < 1.29 is 9.47 Å².